The molecule has 1 aromatic carbocycles. The molecule has 3 rings (SSSR count). The number of rotatable bonds is 5. The quantitative estimate of drug-likeness (QED) is 0.573. The standard InChI is InChI=1S/C16H20N4O5S/c1-12-3-4-15(10-16(12)20(21)22)26(23,24)19-7-5-18(6-8-19)11-14-9-13(2)17-25-14/h3-4,9-10H,5-8,11H2,1-2H3. The lowest BCUT2D eigenvalue weighted by atomic mass is 10.2. The van der Waals surface area contributed by atoms with Crippen LogP contribution in [0.5, 0.6) is 0 Å². The molecular formula is C16H20N4O5S. The number of benzene rings is 1. The van der Waals surface area contributed by atoms with Gasteiger partial charge in [-0.05, 0) is 19.9 Å². The van der Waals surface area contributed by atoms with Crippen LogP contribution in [0.1, 0.15) is 17.0 Å². The molecule has 0 radical (unpaired) electrons. The van der Waals surface area contributed by atoms with Crippen LogP contribution in [0.2, 0.25) is 0 Å². The molecule has 0 saturated carbocycles. The number of nitrogens with zero attached hydrogens (tertiary/aromatic N) is 4. The fraction of sp³-hybridized carbons (Fsp3) is 0.438. The molecular weight excluding hydrogens is 360 g/mol. The summed E-state index contributed by atoms with van der Waals surface area (Å²) in [5.41, 5.74) is 1.05. The topological polar surface area (TPSA) is 110 Å². The Morgan fingerprint density at radius 1 is 1.19 bits per heavy atom. The van der Waals surface area contributed by atoms with E-state index in [0.29, 0.717) is 38.3 Å². The Labute approximate surface area is 151 Å². The van der Waals surface area contributed by atoms with Gasteiger partial charge in [-0.3, -0.25) is 15.0 Å². The van der Waals surface area contributed by atoms with Crippen LogP contribution in [0.4, 0.5) is 5.69 Å². The monoisotopic (exact) mass is 380 g/mol. The lowest BCUT2D eigenvalue weighted by molar-refractivity contribution is -0.385. The molecule has 0 aliphatic carbocycles. The number of nitro groups is 1. The highest BCUT2D eigenvalue weighted by molar-refractivity contribution is 7.89. The van der Waals surface area contributed by atoms with E-state index in [4.69, 9.17) is 4.52 Å². The Morgan fingerprint density at radius 3 is 2.46 bits per heavy atom. The molecule has 0 bridgehead atoms. The molecule has 0 N–H and O–H groups in total. The first-order valence-electron chi connectivity index (χ1n) is 8.17. The van der Waals surface area contributed by atoms with Gasteiger partial charge in [0.15, 0.2) is 5.76 Å². The van der Waals surface area contributed by atoms with Crippen molar-refractivity contribution in [2.75, 3.05) is 26.2 Å². The number of hydrogen-bond acceptors (Lipinski definition) is 7. The number of nitro benzene ring substituents is 1. The molecule has 1 aliphatic rings. The molecule has 9 nitrogen and oxygen atoms in total. The summed E-state index contributed by atoms with van der Waals surface area (Å²) < 4.78 is 32.2. The van der Waals surface area contributed by atoms with E-state index < -0.39 is 14.9 Å². The minimum atomic E-state index is -3.76. The van der Waals surface area contributed by atoms with Crippen molar-refractivity contribution in [1.82, 2.24) is 14.4 Å². The third-order valence-corrected chi connectivity index (χ3v) is 6.30. The summed E-state index contributed by atoms with van der Waals surface area (Å²) in [6.07, 6.45) is 0. The average Bonchev–Trinajstić information content (AvgIpc) is 3.00. The number of hydrogen-bond donors (Lipinski definition) is 0. The number of sulfonamides is 1. The molecule has 10 heteroatoms. The first-order valence-corrected chi connectivity index (χ1v) is 9.61. The van der Waals surface area contributed by atoms with Crippen molar-refractivity contribution in [3.05, 3.63) is 51.4 Å². The number of piperazine rings is 1. The minimum Gasteiger partial charge on any atom is -0.360 e. The zero-order chi connectivity index (χ0) is 18.9. The molecule has 0 amide bonds. The molecule has 1 aromatic heterocycles. The van der Waals surface area contributed by atoms with Crippen LogP contribution >= 0.6 is 0 Å². The van der Waals surface area contributed by atoms with Crippen molar-refractivity contribution in [3.63, 3.8) is 0 Å². The SMILES string of the molecule is Cc1cc(CN2CCN(S(=O)(=O)c3ccc(C)c([N+](=O)[O-])c3)CC2)on1. The summed E-state index contributed by atoms with van der Waals surface area (Å²) in [6.45, 7) is 5.73. The Kier molecular flexibility index (Phi) is 5.08. The second-order valence-corrected chi connectivity index (χ2v) is 8.26. The first-order chi connectivity index (χ1) is 12.3. The Morgan fingerprint density at radius 2 is 1.88 bits per heavy atom. The van der Waals surface area contributed by atoms with E-state index in [1.807, 2.05) is 13.0 Å². The number of aromatic nitrogens is 1. The van der Waals surface area contributed by atoms with E-state index in [9.17, 15) is 18.5 Å². The van der Waals surface area contributed by atoms with Crippen molar-refractivity contribution >= 4 is 15.7 Å². The van der Waals surface area contributed by atoms with Crippen molar-refractivity contribution < 1.29 is 17.9 Å². The second kappa shape index (κ2) is 7.14. The second-order valence-electron chi connectivity index (χ2n) is 6.32. The summed E-state index contributed by atoms with van der Waals surface area (Å²) >= 11 is 0. The average molecular weight is 380 g/mol. The highest BCUT2D eigenvalue weighted by Gasteiger charge is 2.30. The molecule has 1 fully saturated rings. The molecule has 26 heavy (non-hydrogen) atoms. The third kappa shape index (κ3) is 3.76. The van der Waals surface area contributed by atoms with Gasteiger partial charge in [0.2, 0.25) is 10.0 Å². The first kappa shape index (κ1) is 18.5. The van der Waals surface area contributed by atoms with Crippen LogP contribution in [0.25, 0.3) is 0 Å². The van der Waals surface area contributed by atoms with Gasteiger partial charge in [-0.15, -0.1) is 0 Å². The molecule has 1 saturated heterocycles. The van der Waals surface area contributed by atoms with E-state index in [0.717, 1.165) is 17.5 Å². The summed E-state index contributed by atoms with van der Waals surface area (Å²) in [6, 6.07) is 5.87. The van der Waals surface area contributed by atoms with Gasteiger partial charge >= 0.3 is 0 Å². The van der Waals surface area contributed by atoms with Crippen LogP contribution < -0.4 is 0 Å². The van der Waals surface area contributed by atoms with Crippen molar-refractivity contribution in [3.8, 4) is 0 Å². The summed E-state index contributed by atoms with van der Waals surface area (Å²) in [7, 11) is -3.76. The largest absolute Gasteiger partial charge is 0.360 e. The van der Waals surface area contributed by atoms with Gasteiger partial charge in [0.1, 0.15) is 0 Å². The zero-order valence-corrected chi connectivity index (χ0v) is 15.4. The van der Waals surface area contributed by atoms with Crippen LogP contribution in [-0.2, 0) is 16.6 Å². The van der Waals surface area contributed by atoms with Crippen molar-refractivity contribution in [1.29, 1.82) is 0 Å². The Bertz CT molecular complexity index is 916. The lowest BCUT2D eigenvalue weighted by Crippen LogP contribution is -2.48. The van der Waals surface area contributed by atoms with Gasteiger partial charge in [-0.25, -0.2) is 8.42 Å². The smallest absolute Gasteiger partial charge is 0.273 e. The maximum atomic E-state index is 12.8. The third-order valence-electron chi connectivity index (χ3n) is 4.40. The minimum absolute atomic E-state index is 0.0471. The molecule has 0 spiro atoms. The van der Waals surface area contributed by atoms with E-state index in [-0.39, 0.29) is 10.6 Å². The van der Waals surface area contributed by atoms with E-state index in [1.54, 1.807) is 6.92 Å². The molecule has 1 aliphatic heterocycles. The fourth-order valence-corrected chi connectivity index (χ4v) is 4.38. The maximum Gasteiger partial charge on any atom is 0.273 e. The molecule has 140 valence electrons. The predicted octanol–water partition coefficient (Wildman–Crippen LogP) is 1.71. The van der Waals surface area contributed by atoms with Gasteiger partial charge in [-0.2, -0.15) is 4.31 Å². The molecule has 2 aromatic rings. The molecule has 2 heterocycles. The predicted molar refractivity (Wildman–Crippen MR) is 93.1 cm³/mol. The summed E-state index contributed by atoms with van der Waals surface area (Å²) in [4.78, 5) is 12.5. The normalized spacial score (nSPS) is 16.7. The Hall–Kier alpha value is -2.30. The van der Waals surface area contributed by atoms with E-state index >= 15 is 0 Å². The Balaban J connectivity index is 1.70. The van der Waals surface area contributed by atoms with Crippen molar-refractivity contribution in [2.24, 2.45) is 0 Å². The van der Waals surface area contributed by atoms with Crippen LogP contribution in [0.15, 0.2) is 33.7 Å². The van der Waals surface area contributed by atoms with E-state index in [1.165, 1.54) is 16.4 Å². The molecule has 0 atom stereocenters. The highest BCUT2D eigenvalue weighted by atomic mass is 32.2. The summed E-state index contributed by atoms with van der Waals surface area (Å²) in [5.74, 6) is 0.743. The lowest BCUT2D eigenvalue weighted by Gasteiger charge is -2.33. The van der Waals surface area contributed by atoms with Gasteiger partial charge in [-0.1, -0.05) is 11.2 Å². The highest BCUT2D eigenvalue weighted by Crippen LogP contribution is 2.25. The summed E-state index contributed by atoms with van der Waals surface area (Å²) in [5, 5.41) is 14.9. The van der Waals surface area contributed by atoms with E-state index in [2.05, 4.69) is 10.1 Å². The van der Waals surface area contributed by atoms with Gasteiger partial charge in [0.25, 0.3) is 5.69 Å². The zero-order valence-electron chi connectivity index (χ0n) is 14.6. The van der Waals surface area contributed by atoms with Crippen molar-refractivity contribution in [2.45, 2.75) is 25.3 Å². The van der Waals surface area contributed by atoms with Crippen LogP contribution in [0, 0.1) is 24.0 Å². The van der Waals surface area contributed by atoms with Gasteiger partial charge in [0, 0.05) is 43.9 Å². The van der Waals surface area contributed by atoms with Gasteiger partial charge in [0.05, 0.1) is 22.1 Å². The molecule has 0 unspecified atom stereocenters. The maximum absolute atomic E-state index is 12.8. The van der Waals surface area contributed by atoms with Crippen LogP contribution in [-0.4, -0.2) is 53.9 Å². The van der Waals surface area contributed by atoms with Gasteiger partial charge < -0.3 is 4.52 Å². The van der Waals surface area contributed by atoms with Crippen LogP contribution in [0.3, 0.4) is 0 Å². The number of aryl methyl sites for hydroxylation is 2. The fourth-order valence-electron chi connectivity index (χ4n) is 2.93.